The highest BCUT2D eigenvalue weighted by atomic mass is 16.5. The third-order valence-electron chi connectivity index (χ3n) is 5.74. The minimum absolute atomic E-state index is 0.214. The molecule has 0 atom stereocenters. The van der Waals surface area contributed by atoms with Crippen LogP contribution < -0.4 is 32.4 Å². The molecule has 0 aromatic heterocycles. The zero-order chi connectivity index (χ0) is 23.6. The standard InChI is InChI=1S/C27H28N4O2/c1-27(2,17-3-7-19(8-4-17)32-21-11-13-23(28)25(30)15-21)18-5-9-20(10-6-18)33-22-12-14-24(29)26(31)16-22/h3-16H,28-31H2,1-2H3. The monoisotopic (exact) mass is 440 g/mol. The fourth-order valence-electron chi connectivity index (χ4n) is 3.55. The van der Waals surface area contributed by atoms with Crippen molar-refractivity contribution in [1.82, 2.24) is 0 Å². The summed E-state index contributed by atoms with van der Waals surface area (Å²) in [5.74, 6) is 2.75. The van der Waals surface area contributed by atoms with Crippen molar-refractivity contribution in [3.05, 3.63) is 96.1 Å². The van der Waals surface area contributed by atoms with E-state index in [1.165, 1.54) is 0 Å². The van der Waals surface area contributed by atoms with Crippen molar-refractivity contribution in [2.45, 2.75) is 19.3 Å². The summed E-state index contributed by atoms with van der Waals surface area (Å²) in [4.78, 5) is 0. The lowest BCUT2D eigenvalue weighted by Crippen LogP contribution is -2.18. The van der Waals surface area contributed by atoms with Crippen molar-refractivity contribution in [3.63, 3.8) is 0 Å². The maximum atomic E-state index is 5.91. The van der Waals surface area contributed by atoms with Crippen molar-refractivity contribution in [1.29, 1.82) is 0 Å². The van der Waals surface area contributed by atoms with Crippen molar-refractivity contribution >= 4 is 22.7 Å². The van der Waals surface area contributed by atoms with Gasteiger partial charge in [0, 0.05) is 17.5 Å². The molecule has 0 unspecified atom stereocenters. The smallest absolute Gasteiger partial charge is 0.129 e. The topological polar surface area (TPSA) is 123 Å². The number of rotatable bonds is 6. The Hall–Kier alpha value is -4.32. The van der Waals surface area contributed by atoms with E-state index < -0.39 is 0 Å². The van der Waals surface area contributed by atoms with E-state index in [0.717, 1.165) is 22.6 Å². The molecule has 168 valence electrons. The van der Waals surface area contributed by atoms with E-state index in [1.807, 2.05) is 24.3 Å². The van der Waals surface area contributed by atoms with E-state index in [9.17, 15) is 0 Å². The maximum absolute atomic E-state index is 5.91. The Bertz CT molecular complexity index is 1170. The van der Waals surface area contributed by atoms with E-state index in [4.69, 9.17) is 32.4 Å². The molecular weight excluding hydrogens is 412 g/mol. The second-order valence-electron chi connectivity index (χ2n) is 8.46. The van der Waals surface area contributed by atoms with Crippen LogP contribution in [-0.2, 0) is 5.41 Å². The normalized spacial score (nSPS) is 11.2. The van der Waals surface area contributed by atoms with Crippen LogP contribution in [0.2, 0.25) is 0 Å². The van der Waals surface area contributed by atoms with Crippen LogP contribution >= 0.6 is 0 Å². The van der Waals surface area contributed by atoms with E-state index in [-0.39, 0.29) is 5.41 Å². The minimum atomic E-state index is -0.214. The van der Waals surface area contributed by atoms with Crippen LogP contribution in [0.1, 0.15) is 25.0 Å². The van der Waals surface area contributed by atoms with Gasteiger partial charge in [-0.2, -0.15) is 0 Å². The average Bonchev–Trinajstić information content (AvgIpc) is 2.80. The third kappa shape index (κ3) is 4.80. The summed E-state index contributed by atoms with van der Waals surface area (Å²) in [5.41, 5.74) is 27.4. The highest BCUT2D eigenvalue weighted by Crippen LogP contribution is 2.35. The summed E-state index contributed by atoms with van der Waals surface area (Å²) < 4.78 is 11.8. The van der Waals surface area contributed by atoms with Gasteiger partial charge in [0.05, 0.1) is 22.7 Å². The predicted molar refractivity (Wildman–Crippen MR) is 136 cm³/mol. The Kier molecular flexibility index (Phi) is 5.75. The molecule has 0 aliphatic heterocycles. The SMILES string of the molecule is CC(C)(c1ccc(Oc2ccc(N)c(N)c2)cc1)c1ccc(Oc2ccc(N)c(N)c2)cc1. The summed E-state index contributed by atoms with van der Waals surface area (Å²) in [7, 11) is 0. The van der Waals surface area contributed by atoms with E-state index >= 15 is 0 Å². The van der Waals surface area contributed by atoms with Crippen LogP contribution in [0.3, 0.4) is 0 Å². The molecule has 0 fully saturated rings. The molecule has 6 heteroatoms. The lowest BCUT2D eigenvalue weighted by Gasteiger charge is -2.26. The molecule has 4 aromatic carbocycles. The second-order valence-corrected chi connectivity index (χ2v) is 8.46. The molecule has 4 aromatic rings. The van der Waals surface area contributed by atoms with Gasteiger partial charge in [0.25, 0.3) is 0 Å². The van der Waals surface area contributed by atoms with Gasteiger partial charge in [-0.3, -0.25) is 0 Å². The van der Waals surface area contributed by atoms with E-state index in [2.05, 4.69) is 38.1 Å². The number of anilines is 4. The molecule has 0 bridgehead atoms. The van der Waals surface area contributed by atoms with Gasteiger partial charge < -0.3 is 32.4 Å². The highest BCUT2D eigenvalue weighted by Gasteiger charge is 2.23. The Morgan fingerprint density at radius 3 is 1.12 bits per heavy atom. The zero-order valence-electron chi connectivity index (χ0n) is 18.7. The molecule has 0 saturated carbocycles. The first-order valence-electron chi connectivity index (χ1n) is 10.6. The molecule has 0 aliphatic carbocycles. The largest absolute Gasteiger partial charge is 0.457 e. The molecule has 0 aliphatic rings. The van der Waals surface area contributed by atoms with Gasteiger partial charge in [-0.25, -0.2) is 0 Å². The van der Waals surface area contributed by atoms with Gasteiger partial charge in [0.2, 0.25) is 0 Å². The van der Waals surface area contributed by atoms with Crippen LogP contribution in [0.5, 0.6) is 23.0 Å². The fraction of sp³-hybridized carbons (Fsp3) is 0.111. The second kappa shape index (κ2) is 8.67. The Labute approximate surface area is 193 Å². The Morgan fingerprint density at radius 1 is 0.455 bits per heavy atom. The first kappa shape index (κ1) is 21.9. The molecular formula is C27H28N4O2. The number of nitrogen functional groups attached to an aromatic ring is 4. The average molecular weight is 441 g/mol. The molecule has 33 heavy (non-hydrogen) atoms. The molecule has 0 radical (unpaired) electrons. The predicted octanol–water partition coefficient (Wildman–Crippen LogP) is 5.93. The number of ether oxygens (including phenoxy) is 2. The highest BCUT2D eigenvalue weighted by molar-refractivity contribution is 5.66. The van der Waals surface area contributed by atoms with E-state index in [1.54, 1.807) is 36.4 Å². The summed E-state index contributed by atoms with van der Waals surface area (Å²) >= 11 is 0. The van der Waals surface area contributed by atoms with Crippen molar-refractivity contribution in [2.75, 3.05) is 22.9 Å². The Balaban J connectivity index is 1.47. The maximum Gasteiger partial charge on any atom is 0.129 e. The van der Waals surface area contributed by atoms with Gasteiger partial charge >= 0.3 is 0 Å². The lowest BCUT2D eigenvalue weighted by molar-refractivity contribution is 0.481. The molecule has 4 rings (SSSR count). The minimum Gasteiger partial charge on any atom is -0.457 e. The van der Waals surface area contributed by atoms with Crippen LogP contribution in [0.15, 0.2) is 84.9 Å². The van der Waals surface area contributed by atoms with E-state index in [0.29, 0.717) is 34.2 Å². The van der Waals surface area contributed by atoms with Gasteiger partial charge in [0.1, 0.15) is 23.0 Å². The zero-order valence-corrected chi connectivity index (χ0v) is 18.7. The number of hydrogen-bond donors (Lipinski definition) is 4. The number of benzene rings is 4. The molecule has 0 amide bonds. The fourth-order valence-corrected chi connectivity index (χ4v) is 3.55. The van der Waals surface area contributed by atoms with Crippen molar-refractivity contribution in [3.8, 4) is 23.0 Å². The summed E-state index contributed by atoms with van der Waals surface area (Å²) in [6.07, 6.45) is 0. The molecule has 0 saturated heterocycles. The first-order valence-corrected chi connectivity index (χ1v) is 10.6. The number of nitrogens with two attached hydrogens (primary N) is 4. The van der Waals surface area contributed by atoms with Crippen molar-refractivity contribution in [2.24, 2.45) is 0 Å². The van der Waals surface area contributed by atoms with Gasteiger partial charge in [-0.05, 0) is 59.7 Å². The van der Waals surface area contributed by atoms with Crippen LogP contribution in [0, 0.1) is 0 Å². The van der Waals surface area contributed by atoms with Gasteiger partial charge in [-0.15, -0.1) is 0 Å². The third-order valence-corrected chi connectivity index (χ3v) is 5.74. The molecule has 0 heterocycles. The van der Waals surface area contributed by atoms with Crippen LogP contribution in [0.25, 0.3) is 0 Å². The molecule has 8 N–H and O–H groups in total. The summed E-state index contributed by atoms with van der Waals surface area (Å²) in [6.45, 7) is 4.36. The molecule has 0 spiro atoms. The number of hydrogen-bond acceptors (Lipinski definition) is 6. The van der Waals surface area contributed by atoms with Crippen LogP contribution in [0.4, 0.5) is 22.7 Å². The quantitative estimate of drug-likeness (QED) is 0.276. The van der Waals surface area contributed by atoms with Gasteiger partial charge in [-0.1, -0.05) is 38.1 Å². The van der Waals surface area contributed by atoms with Gasteiger partial charge in [0.15, 0.2) is 0 Å². The van der Waals surface area contributed by atoms with Crippen molar-refractivity contribution < 1.29 is 9.47 Å². The molecule has 6 nitrogen and oxygen atoms in total. The van der Waals surface area contributed by atoms with Crippen LogP contribution in [-0.4, -0.2) is 0 Å². The summed E-state index contributed by atoms with van der Waals surface area (Å²) in [6, 6.07) is 26.6. The lowest BCUT2D eigenvalue weighted by atomic mass is 9.78. The Morgan fingerprint density at radius 2 is 0.788 bits per heavy atom. The first-order chi connectivity index (χ1) is 15.7. The summed E-state index contributed by atoms with van der Waals surface area (Å²) in [5, 5.41) is 0.